The Hall–Kier alpha value is -3.73. The summed E-state index contributed by atoms with van der Waals surface area (Å²) in [6.45, 7) is 0.153. The highest BCUT2D eigenvalue weighted by atomic mass is 16.5. The standard InChI is InChI=1S/C24H20N2O3/c27-24(14-13-20-12-11-18-6-1-3-9-22(18)26-20)28-17-19-7-2-4-10-23(19)29-21-8-5-15-25-16-21/h1-12,15-16H,13-14,17H2. The molecule has 2 aromatic carbocycles. The SMILES string of the molecule is O=C(CCc1ccc2ccccc2n1)OCc1ccccc1Oc1cccnc1. The van der Waals surface area contributed by atoms with Gasteiger partial charge in [0.15, 0.2) is 0 Å². The summed E-state index contributed by atoms with van der Waals surface area (Å²) in [5, 5.41) is 1.09. The minimum absolute atomic E-state index is 0.153. The average Bonchev–Trinajstić information content (AvgIpc) is 2.77. The molecule has 2 heterocycles. The zero-order chi connectivity index (χ0) is 19.9. The molecule has 0 radical (unpaired) electrons. The lowest BCUT2D eigenvalue weighted by Crippen LogP contribution is -2.07. The number of nitrogens with zero attached hydrogens (tertiary/aromatic N) is 2. The van der Waals surface area contributed by atoms with Crippen LogP contribution >= 0.6 is 0 Å². The number of hydrogen-bond acceptors (Lipinski definition) is 5. The van der Waals surface area contributed by atoms with Crippen LogP contribution in [0.1, 0.15) is 17.7 Å². The number of aromatic nitrogens is 2. The van der Waals surface area contributed by atoms with Crippen LogP contribution < -0.4 is 4.74 Å². The molecule has 0 aliphatic heterocycles. The van der Waals surface area contributed by atoms with Gasteiger partial charge in [-0.05, 0) is 30.3 Å². The van der Waals surface area contributed by atoms with Crippen molar-refractivity contribution in [3.63, 3.8) is 0 Å². The van der Waals surface area contributed by atoms with Crippen molar-refractivity contribution in [1.29, 1.82) is 0 Å². The number of rotatable bonds is 7. The van der Waals surface area contributed by atoms with Crippen molar-refractivity contribution in [1.82, 2.24) is 9.97 Å². The molecule has 5 nitrogen and oxygen atoms in total. The van der Waals surface area contributed by atoms with Gasteiger partial charge >= 0.3 is 5.97 Å². The number of hydrogen-bond donors (Lipinski definition) is 0. The van der Waals surface area contributed by atoms with Crippen LogP contribution in [-0.2, 0) is 22.6 Å². The van der Waals surface area contributed by atoms with Crippen LogP contribution in [0.3, 0.4) is 0 Å². The number of aryl methyl sites for hydroxylation is 1. The van der Waals surface area contributed by atoms with E-state index in [0.29, 0.717) is 17.9 Å². The number of esters is 1. The Labute approximate surface area is 169 Å². The fraction of sp³-hybridized carbons (Fsp3) is 0.125. The van der Waals surface area contributed by atoms with E-state index in [1.165, 1.54) is 0 Å². The lowest BCUT2D eigenvalue weighted by Gasteiger charge is -2.11. The lowest BCUT2D eigenvalue weighted by atomic mass is 10.1. The van der Waals surface area contributed by atoms with E-state index in [1.54, 1.807) is 18.5 Å². The van der Waals surface area contributed by atoms with Crippen LogP contribution in [0, 0.1) is 0 Å². The summed E-state index contributed by atoms with van der Waals surface area (Å²) in [4.78, 5) is 20.9. The monoisotopic (exact) mass is 384 g/mol. The number of carbonyl (C=O) groups is 1. The number of fused-ring (bicyclic) bond motifs is 1. The molecule has 5 heteroatoms. The second-order valence-corrected chi connectivity index (χ2v) is 6.55. The van der Waals surface area contributed by atoms with Crippen LogP contribution in [0.25, 0.3) is 10.9 Å². The fourth-order valence-electron chi connectivity index (χ4n) is 2.97. The topological polar surface area (TPSA) is 61.3 Å². The quantitative estimate of drug-likeness (QED) is 0.415. The third kappa shape index (κ3) is 4.96. The predicted octanol–water partition coefficient (Wildman–Crippen LogP) is 5.10. The van der Waals surface area contributed by atoms with E-state index in [1.807, 2.05) is 66.7 Å². The van der Waals surface area contributed by atoms with Crippen molar-refractivity contribution >= 4 is 16.9 Å². The highest BCUT2D eigenvalue weighted by molar-refractivity contribution is 5.78. The molecule has 0 fully saturated rings. The van der Waals surface area contributed by atoms with Crippen molar-refractivity contribution in [2.24, 2.45) is 0 Å². The first kappa shape index (κ1) is 18.6. The molecule has 0 saturated carbocycles. The molecule has 0 saturated heterocycles. The van der Waals surface area contributed by atoms with E-state index in [0.717, 1.165) is 22.2 Å². The molecule has 0 spiro atoms. The predicted molar refractivity (Wildman–Crippen MR) is 111 cm³/mol. The van der Waals surface area contributed by atoms with Crippen molar-refractivity contribution < 1.29 is 14.3 Å². The Morgan fingerprint density at radius 3 is 2.66 bits per heavy atom. The third-order valence-electron chi connectivity index (χ3n) is 4.46. The molecule has 0 bridgehead atoms. The van der Waals surface area contributed by atoms with Gasteiger partial charge in [0.2, 0.25) is 0 Å². The largest absolute Gasteiger partial charge is 0.461 e. The highest BCUT2D eigenvalue weighted by Crippen LogP contribution is 2.25. The van der Waals surface area contributed by atoms with Gasteiger partial charge in [-0.15, -0.1) is 0 Å². The summed E-state index contributed by atoms with van der Waals surface area (Å²) >= 11 is 0. The van der Waals surface area contributed by atoms with Crippen LogP contribution in [0.4, 0.5) is 0 Å². The van der Waals surface area contributed by atoms with E-state index >= 15 is 0 Å². The van der Waals surface area contributed by atoms with Gasteiger partial charge in [0.05, 0.1) is 18.1 Å². The van der Waals surface area contributed by atoms with Crippen LogP contribution in [0.2, 0.25) is 0 Å². The zero-order valence-electron chi connectivity index (χ0n) is 15.8. The summed E-state index contributed by atoms with van der Waals surface area (Å²) in [6.07, 6.45) is 4.14. The van der Waals surface area contributed by atoms with E-state index in [-0.39, 0.29) is 19.0 Å². The molecule has 2 aromatic heterocycles. The maximum Gasteiger partial charge on any atom is 0.306 e. The molecule has 0 unspecified atom stereocenters. The van der Waals surface area contributed by atoms with Gasteiger partial charge in [0, 0.05) is 29.3 Å². The maximum absolute atomic E-state index is 12.2. The van der Waals surface area contributed by atoms with Crippen molar-refractivity contribution in [2.45, 2.75) is 19.4 Å². The maximum atomic E-state index is 12.2. The van der Waals surface area contributed by atoms with Gasteiger partial charge in [-0.2, -0.15) is 0 Å². The molecule has 0 aliphatic rings. The van der Waals surface area contributed by atoms with E-state index in [9.17, 15) is 4.79 Å². The summed E-state index contributed by atoms with van der Waals surface area (Å²) in [5.41, 5.74) is 2.61. The molecule has 0 atom stereocenters. The molecular weight excluding hydrogens is 364 g/mol. The Kier molecular flexibility index (Phi) is 5.76. The van der Waals surface area contributed by atoms with Gasteiger partial charge in [0.25, 0.3) is 0 Å². The normalized spacial score (nSPS) is 10.6. The van der Waals surface area contributed by atoms with Crippen LogP contribution in [0.15, 0.2) is 85.2 Å². The number of para-hydroxylation sites is 2. The van der Waals surface area contributed by atoms with Gasteiger partial charge in [-0.25, -0.2) is 0 Å². The molecule has 0 amide bonds. The number of pyridine rings is 2. The summed E-state index contributed by atoms with van der Waals surface area (Å²) in [6, 6.07) is 23.0. The van der Waals surface area contributed by atoms with E-state index in [4.69, 9.17) is 9.47 Å². The molecule has 0 aliphatic carbocycles. The lowest BCUT2D eigenvalue weighted by molar-refractivity contribution is -0.144. The first-order valence-corrected chi connectivity index (χ1v) is 9.44. The molecule has 4 aromatic rings. The molecule has 4 rings (SSSR count). The molecule has 144 valence electrons. The fourth-order valence-corrected chi connectivity index (χ4v) is 2.97. The van der Waals surface area contributed by atoms with Crippen molar-refractivity contribution in [3.05, 3.63) is 96.4 Å². The third-order valence-corrected chi connectivity index (χ3v) is 4.46. The number of ether oxygens (including phenoxy) is 2. The van der Waals surface area contributed by atoms with Crippen LogP contribution in [-0.4, -0.2) is 15.9 Å². The first-order chi connectivity index (χ1) is 14.3. The second kappa shape index (κ2) is 8.97. The first-order valence-electron chi connectivity index (χ1n) is 9.44. The molecule has 29 heavy (non-hydrogen) atoms. The highest BCUT2D eigenvalue weighted by Gasteiger charge is 2.09. The number of benzene rings is 2. The Morgan fingerprint density at radius 2 is 1.76 bits per heavy atom. The summed E-state index contributed by atoms with van der Waals surface area (Å²) in [5.74, 6) is 1.01. The number of carbonyl (C=O) groups excluding carboxylic acids is 1. The summed E-state index contributed by atoms with van der Waals surface area (Å²) < 4.78 is 11.3. The van der Waals surface area contributed by atoms with Crippen molar-refractivity contribution in [2.75, 3.05) is 0 Å². The Balaban J connectivity index is 1.33. The molecular formula is C24H20N2O3. The second-order valence-electron chi connectivity index (χ2n) is 6.55. The zero-order valence-corrected chi connectivity index (χ0v) is 15.8. The van der Waals surface area contributed by atoms with Gasteiger partial charge in [-0.3, -0.25) is 14.8 Å². The van der Waals surface area contributed by atoms with Gasteiger partial charge < -0.3 is 9.47 Å². The molecule has 0 N–H and O–H groups in total. The van der Waals surface area contributed by atoms with Crippen molar-refractivity contribution in [3.8, 4) is 11.5 Å². The Morgan fingerprint density at radius 1 is 0.897 bits per heavy atom. The van der Waals surface area contributed by atoms with Gasteiger partial charge in [0.1, 0.15) is 18.1 Å². The smallest absolute Gasteiger partial charge is 0.306 e. The Bertz CT molecular complexity index is 1110. The summed E-state index contributed by atoms with van der Waals surface area (Å²) in [7, 11) is 0. The van der Waals surface area contributed by atoms with E-state index < -0.39 is 0 Å². The minimum atomic E-state index is -0.267. The van der Waals surface area contributed by atoms with E-state index in [2.05, 4.69) is 9.97 Å². The van der Waals surface area contributed by atoms with Crippen LogP contribution in [0.5, 0.6) is 11.5 Å². The van der Waals surface area contributed by atoms with Gasteiger partial charge in [-0.1, -0.05) is 42.5 Å². The average molecular weight is 384 g/mol. The minimum Gasteiger partial charge on any atom is -0.461 e.